The summed E-state index contributed by atoms with van der Waals surface area (Å²) in [5, 5.41) is 2.43. The van der Waals surface area contributed by atoms with Gasteiger partial charge in [0.15, 0.2) is 0 Å². The van der Waals surface area contributed by atoms with E-state index in [-0.39, 0.29) is 16.5 Å². The van der Waals surface area contributed by atoms with Crippen LogP contribution in [0.25, 0.3) is 0 Å². The number of sulfonamides is 1. The first kappa shape index (κ1) is 20.8. The summed E-state index contributed by atoms with van der Waals surface area (Å²) in [6, 6.07) is 15.1. The topological polar surface area (TPSA) is 113 Å². The van der Waals surface area contributed by atoms with Gasteiger partial charge in [0.05, 0.1) is 12.1 Å². The molecule has 10 heteroatoms. The summed E-state index contributed by atoms with van der Waals surface area (Å²) < 4.78 is 26.5. The maximum Gasteiger partial charge on any atom is 0.333 e. The van der Waals surface area contributed by atoms with Crippen LogP contribution in [0.2, 0.25) is 0 Å². The van der Waals surface area contributed by atoms with Gasteiger partial charge in [-0.05, 0) is 55.0 Å². The van der Waals surface area contributed by atoms with E-state index in [4.69, 9.17) is 0 Å². The number of nitrogens with zero attached hydrogens (tertiary/aromatic N) is 1. The molecule has 3 aromatic rings. The van der Waals surface area contributed by atoms with Crippen molar-refractivity contribution < 1.29 is 22.8 Å². The van der Waals surface area contributed by atoms with Crippen LogP contribution in [0.4, 0.5) is 16.2 Å². The average Bonchev–Trinajstić information content (AvgIpc) is 3.16. The third kappa shape index (κ3) is 4.21. The Kier molecular flexibility index (Phi) is 5.34. The second kappa shape index (κ2) is 7.97. The van der Waals surface area contributed by atoms with Gasteiger partial charge in [0.2, 0.25) is 5.91 Å². The molecule has 0 radical (unpaired) electrons. The standard InChI is InChI=1S/C21H17N3O5S2/c1-13-6-11-19(30-13)31(28,29)23-21(27)22-15-7-9-16(10-8-15)24-18(25)12-14-4-2-3-5-17(14)20(24)26/h2-11H,12H2,1H3,(H2,22,23,27). The first-order chi connectivity index (χ1) is 14.7. The molecule has 0 atom stereocenters. The number of fused-ring (bicyclic) bond motifs is 1. The summed E-state index contributed by atoms with van der Waals surface area (Å²) >= 11 is 1.06. The van der Waals surface area contributed by atoms with E-state index in [0.717, 1.165) is 21.1 Å². The van der Waals surface area contributed by atoms with E-state index in [0.29, 0.717) is 22.5 Å². The first-order valence-electron chi connectivity index (χ1n) is 9.20. The van der Waals surface area contributed by atoms with Crippen LogP contribution in [0.1, 0.15) is 20.8 Å². The van der Waals surface area contributed by atoms with Crippen LogP contribution in [0, 0.1) is 6.92 Å². The zero-order chi connectivity index (χ0) is 22.2. The lowest BCUT2D eigenvalue weighted by Gasteiger charge is -2.26. The molecule has 2 aromatic carbocycles. The molecule has 4 amide bonds. The molecule has 0 unspecified atom stereocenters. The molecule has 1 aliphatic heterocycles. The van der Waals surface area contributed by atoms with Crippen LogP contribution in [0.5, 0.6) is 0 Å². The summed E-state index contributed by atoms with van der Waals surface area (Å²) in [6.45, 7) is 1.77. The molecule has 8 nitrogen and oxygen atoms in total. The molecule has 31 heavy (non-hydrogen) atoms. The number of carbonyl (C=O) groups excluding carboxylic acids is 3. The Bertz CT molecular complexity index is 1300. The molecular formula is C21H17N3O5S2. The predicted molar refractivity (Wildman–Crippen MR) is 117 cm³/mol. The Balaban J connectivity index is 1.47. The van der Waals surface area contributed by atoms with Gasteiger partial charge in [-0.2, -0.15) is 0 Å². The number of imide groups is 1. The van der Waals surface area contributed by atoms with E-state index >= 15 is 0 Å². The number of nitrogens with one attached hydrogen (secondary N) is 2. The summed E-state index contributed by atoms with van der Waals surface area (Å²) in [6.07, 6.45) is 0.115. The zero-order valence-corrected chi connectivity index (χ0v) is 17.9. The van der Waals surface area contributed by atoms with Crippen LogP contribution in [0.15, 0.2) is 64.9 Å². The van der Waals surface area contributed by atoms with Gasteiger partial charge in [-0.3, -0.25) is 9.59 Å². The maximum absolute atomic E-state index is 12.7. The number of amides is 4. The van der Waals surface area contributed by atoms with Gasteiger partial charge in [0.25, 0.3) is 15.9 Å². The van der Waals surface area contributed by atoms with Crippen molar-refractivity contribution in [3.05, 3.63) is 76.7 Å². The molecule has 2 N–H and O–H groups in total. The fraction of sp³-hybridized carbons (Fsp3) is 0.0952. The molecule has 0 aliphatic carbocycles. The molecule has 2 heterocycles. The quantitative estimate of drug-likeness (QED) is 0.586. The Hall–Kier alpha value is -3.50. The number of benzene rings is 2. The van der Waals surface area contributed by atoms with Gasteiger partial charge in [0.1, 0.15) is 4.21 Å². The second-order valence-corrected chi connectivity index (χ2v) is 10.0. The first-order valence-corrected chi connectivity index (χ1v) is 11.5. The van der Waals surface area contributed by atoms with Crippen LogP contribution >= 0.6 is 11.3 Å². The van der Waals surface area contributed by atoms with Crippen molar-refractivity contribution in [3.63, 3.8) is 0 Å². The molecule has 0 fully saturated rings. The van der Waals surface area contributed by atoms with Crippen molar-refractivity contribution in [1.29, 1.82) is 0 Å². The Labute approximate surface area is 182 Å². The molecule has 158 valence electrons. The fourth-order valence-corrected chi connectivity index (χ4v) is 5.39. The maximum atomic E-state index is 12.7. The summed E-state index contributed by atoms with van der Waals surface area (Å²) in [5.41, 5.74) is 1.82. The highest BCUT2D eigenvalue weighted by Gasteiger charge is 2.31. The van der Waals surface area contributed by atoms with E-state index in [9.17, 15) is 22.8 Å². The van der Waals surface area contributed by atoms with Crippen molar-refractivity contribution >= 4 is 50.6 Å². The van der Waals surface area contributed by atoms with Crippen LogP contribution in [-0.2, 0) is 21.2 Å². The summed E-state index contributed by atoms with van der Waals surface area (Å²) in [4.78, 5) is 39.2. The molecule has 0 saturated heterocycles. The zero-order valence-electron chi connectivity index (χ0n) is 16.3. The van der Waals surface area contributed by atoms with E-state index in [1.807, 2.05) is 4.72 Å². The monoisotopic (exact) mass is 455 g/mol. The highest BCUT2D eigenvalue weighted by Crippen LogP contribution is 2.26. The largest absolute Gasteiger partial charge is 0.333 e. The molecule has 1 aromatic heterocycles. The lowest BCUT2D eigenvalue weighted by molar-refractivity contribution is -0.117. The summed E-state index contributed by atoms with van der Waals surface area (Å²) in [7, 11) is -3.97. The third-order valence-electron chi connectivity index (χ3n) is 4.63. The van der Waals surface area contributed by atoms with E-state index in [1.165, 1.54) is 30.3 Å². The predicted octanol–water partition coefficient (Wildman–Crippen LogP) is 3.30. The minimum Gasteiger partial charge on any atom is -0.307 e. The van der Waals surface area contributed by atoms with E-state index in [2.05, 4.69) is 5.32 Å². The number of hydrogen-bond donors (Lipinski definition) is 2. The summed E-state index contributed by atoms with van der Waals surface area (Å²) in [5.74, 6) is -0.762. The minimum atomic E-state index is -3.97. The average molecular weight is 456 g/mol. The van der Waals surface area contributed by atoms with Gasteiger partial charge in [-0.15, -0.1) is 11.3 Å². The van der Waals surface area contributed by atoms with Gasteiger partial charge in [-0.25, -0.2) is 22.8 Å². The number of urea groups is 1. The van der Waals surface area contributed by atoms with Crippen molar-refractivity contribution in [2.45, 2.75) is 17.6 Å². The van der Waals surface area contributed by atoms with Crippen molar-refractivity contribution in [2.24, 2.45) is 0 Å². The van der Waals surface area contributed by atoms with Crippen molar-refractivity contribution in [3.8, 4) is 0 Å². The lowest BCUT2D eigenvalue weighted by Crippen LogP contribution is -2.42. The number of rotatable bonds is 4. The molecular weight excluding hydrogens is 438 g/mol. The molecule has 1 aliphatic rings. The van der Waals surface area contributed by atoms with E-state index in [1.54, 1.807) is 37.3 Å². The minimum absolute atomic E-state index is 0.0397. The molecule has 0 saturated carbocycles. The van der Waals surface area contributed by atoms with Crippen LogP contribution in [0.3, 0.4) is 0 Å². The Morgan fingerprint density at radius 3 is 2.39 bits per heavy atom. The normalized spacial score (nSPS) is 13.6. The van der Waals surface area contributed by atoms with Crippen molar-refractivity contribution in [2.75, 3.05) is 10.2 Å². The second-order valence-electron chi connectivity index (χ2n) is 6.84. The van der Waals surface area contributed by atoms with Crippen LogP contribution < -0.4 is 14.9 Å². The number of hydrogen-bond acceptors (Lipinski definition) is 6. The van der Waals surface area contributed by atoms with Gasteiger partial charge >= 0.3 is 6.03 Å². The van der Waals surface area contributed by atoms with Gasteiger partial charge in [0, 0.05) is 16.1 Å². The number of anilines is 2. The molecule has 0 bridgehead atoms. The smallest absolute Gasteiger partial charge is 0.307 e. The SMILES string of the molecule is Cc1ccc(S(=O)(=O)NC(=O)Nc2ccc(N3C(=O)Cc4ccccc4C3=O)cc2)s1. The van der Waals surface area contributed by atoms with Crippen LogP contribution in [-0.4, -0.2) is 26.3 Å². The Morgan fingerprint density at radius 2 is 1.71 bits per heavy atom. The van der Waals surface area contributed by atoms with E-state index < -0.39 is 22.0 Å². The third-order valence-corrected chi connectivity index (χ3v) is 7.46. The fourth-order valence-electron chi connectivity index (χ4n) is 3.20. The highest BCUT2D eigenvalue weighted by molar-refractivity contribution is 7.92. The van der Waals surface area contributed by atoms with Gasteiger partial charge < -0.3 is 5.32 Å². The van der Waals surface area contributed by atoms with Gasteiger partial charge in [-0.1, -0.05) is 18.2 Å². The lowest BCUT2D eigenvalue weighted by atomic mass is 9.98. The molecule has 4 rings (SSSR count). The number of thiophene rings is 1. The van der Waals surface area contributed by atoms with Crippen molar-refractivity contribution in [1.82, 2.24) is 4.72 Å². The number of aryl methyl sites for hydroxylation is 1. The molecule has 0 spiro atoms. The highest BCUT2D eigenvalue weighted by atomic mass is 32.2. The number of carbonyl (C=O) groups is 3. The Morgan fingerprint density at radius 1 is 1.00 bits per heavy atom.